The number of nitrogens with zero attached hydrogens (tertiary/aromatic N) is 1. The molecule has 8 heteroatoms. The van der Waals surface area contributed by atoms with Crippen LogP contribution in [0.4, 0.5) is 24.7 Å². The number of nitrogens with one attached hydrogen (secondary N) is 3. The smallest absolute Gasteiger partial charge is 0.382 e. The zero-order valence-corrected chi connectivity index (χ0v) is 22.3. The summed E-state index contributed by atoms with van der Waals surface area (Å²) in [6.07, 6.45) is 4.27. The van der Waals surface area contributed by atoms with Crippen LogP contribution in [0.3, 0.4) is 0 Å². The van der Waals surface area contributed by atoms with Crippen molar-refractivity contribution < 1.29 is 18.0 Å². The Labute approximate surface area is 218 Å². The predicted octanol–water partition coefficient (Wildman–Crippen LogP) is 7.98. The number of pyridine rings is 1. The number of para-hydroxylation sites is 1. The number of halogens is 3. The monoisotopic (exact) mass is 516 g/mol. The molecule has 1 aromatic carbocycles. The highest BCUT2D eigenvalue weighted by atomic mass is 19.4. The van der Waals surface area contributed by atoms with Gasteiger partial charge in [-0.1, -0.05) is 57.7 Å². The molecule has 0 radical (unpaired) electrons. The number of hydrogen-bond acceptors (Lipinski definition) is 4. The summed E-state index contributed by atoms with van der Waals surface area (Å²) in [5, 5.41) is 15.4. The Hall–Kier alpha value is -2.90. The van der Waals surface area contributed by atoms with Gasteiger partial charge >= 0.3 is 6.18 Å². The number of anilines is 2. The summed E-state index contributed by atoms with van der Waals surface area (Å²) in [6, 6.07) is 7.19. The molecule has 5 nitrogen and oxygen atoms in total. The summed E-state index contributed by atoms with van der Waals surface area (Å²) in [5.74, 6) is -2.54. The average Bonchev–Trinajstić information content (AvgIpc) is 2.81. The molecule has 0 spiro atoms. The molecule has 1 aromatic heterocycles. The second-order valence-corrected chi connectivity index (χ2v) is 10.1. The summed E-state index contributed by atoms with van der Waals surface area (Å²) in [7, 11) is 0. The molecule has 2 atom stereocenters. The summed E-state index contributed by atoms with van der Waals surface area (Å²) < 4.78 is 42.1. The SMILES string of the molecule is CCCCC(CCC)Nc1c(C)cccc1C(=N)c1ccnc(NC(=O)C2CCC2)c1C(C)C(F)(F)F. The van der Waals surface area contributed by atoms with Crippen LogP contribution in [0.1, 0.15) is 100 Å². The van der Waals surface area contributed by atoms with Gasteiger partial charge in [-0.2, -0.15) is 13.2 Å². The Balaban J connectivity index is 2.06. The van der Waals surface area contributed by atoms with E-state index in [2.05, 4.69) is 29.5 Å². The van der Waals surface area contributed by atoms with Crippen LogP contribution in [0.15, 0.2) is 30.5 Å². The first-order valence-electron chi connectivity index (χ1n) is 13.4. The number of aromatic nitrogens is 1. The quantitative estimate of drug-likeness (QED) is 0.250. The topological polar surface area (TPSA) is 77.9 Å². The van der Waals surface area contributed by atoms with E-state index < -0.39 is 12.1 Å². The molecule has 202 valence electrons. The molecule has 0 saturated heterocycles. The molecule has 3 rings (SSSR count). The maximum Gasteiger partial charge on any atom is 0.395 e. The number of alkyl halides is 3. The minimum atomic E-state index is -4.56. The second-order valence-electron chi connectivity index (χ2n) is 10.1. The second kappa shape index (κ2) is 12.6. The normalized spacial score (nSPS) is 15.5. The lowest BCUT2D eigenvalue weighted by atomic mass is 9.84. The summed E-state index contributed by atoms with van der Waals surface area (Å²) >= 11 is 0. The van der Waals surface area contributed by atoms with Gasteiger partial charge in [-0.15, -0.1) is 0 Å². The van der Waals surface area contributed by atoms with Crippen LogP contribution in [-0.2, 0) is 4.79 Å². The Morgan fingerprint density at radius 1 is 1.14 bits per heavy atom. The van der Waals surface area contributed by atoms with Crippen molar-refractivity contribution in [2.75, 3.05) is 10.6 Å². The van der Waals surface area contributed by atoms with Crippen molar-refractivity contribution in [1.29, 1.82) is 5.41 Å². The van der Waals surface area contributed by atoms with Crippen molar-refractivity contribution in [2.45, 2.75) is 97.2 Å². The minimum Gasteiger partial charge on any atom is -0.382 e. The highest BCUT2D eigenvalue weighted by Gasteiger charge is 2.41. The van der Waals surface area contributed by atoms with Crippen LogP contribution in [0.2, 0.25) is 0 Å². The third-order valence-electron chi connectivity index (χ3n) is 7.33. The van der Waals surface area contributed by atoms with Crippen molar-refractivity contribution in [1.82, 2.24) is 4.98 Å². The van der Waals surface area contributed by atoms with Crippen LogP contribution < -0.4 is 10.6 Å². The molecule has 1 aliphatic rings. The van der Waals surface area contributed by atoms with Gasteiger partial charge in [0.25, 0.3) is 0 Å². The van der Waals surface area contributed by atoms with Gasteiger partial charge in [0.15, 0.2) is 0 Å². The van der Waals surface area contributed by atoms with Gasteiger partial charge in [0.05, 0.1) is 11.6 Å². The number of rotatable bonds is 12. The zero-order chi connectivity index (χ0) is 27.2. The van der Waals surface area contributed by atoms with E-state index in [4.69, 9.17) is 5.41 Å². The Bertz CT molecular complexity index is 1100. The van der Waals surface area contributed by atoms with Gasteiger partial charge in [-0.25, -0.2) is 4.98 Å². The molecule has 2 unspecified atom stereocenters. The molecule has 1 saturated carbocycles. The fourth-order valence-electron chi connectivity index (χ4n) is 4.79. The van der Waals surface area contributed by atoms with E-state index in [-0.39, 0.29) is 40.5 Å². The molecule has 0 bridgehead atoms. The van der Waals surface area contributed by atoms with E-state index in [1.54, 1.807) is 6.07 Å². The maximum absolute atomic E-state index is 14.0. The van der Waals surface area contributed by atoms with E-state index in [1.165, 1.54) is 12.3 Å². The molecular weight excluding hydrogens is 477 g/mol. The highest BCUT2D eigenvalue weighted by Crippen LogP contribution is 2.40. The van der Waals surface area contributed by atoms with E-state index in [1.807, 2.05) is 19.1 Å². The Kier molecular flexibility index (Phi) is 9.74. The molecule has 1 amide bonds. The summed E-state index contributed by atoms with van der Waals surface area (Å²) in [4.78, 5) is 16.8. The first kappa shape index (κ1) is 28.7. The number of aryl methyl sites for hydroxylation is 1. The largest absolute Gasteiger partial charge is 0.395 e. The van der Waals surface area contributed by atoms with Gasteiger partial charge in [0, 0.05) is 40.5 Å². The number of benzene rings is 1. The number of hydrogen-bond donors (Lipinski definition) is 3. The third kappa shape index (κ3) is 6.90. The molecule has 2 aromatic rings. The summed E-state index contributed by atoms with van der Waals surface area (Å²) in [6.45, 7) is 7.27. The Morgan fingerprint density at radius 2 is 1.86 bits per heavy atom. The van der Waals surface area contributed by atoms with Gasteiger partial charge in [-0.05, 0) is 51.2 Å². The Morgan fingerprint density at radius 3 is 2.46 bits per heavy atom. The fourth-order valence-corrected chi connectivity index (χ4v) is 4.79. The van der Waals surface area contributed by atoms with Gasteiger partial charge < -0.3 is 10.6 Å². The van der Waals surface area contributed by atoms with E-state index in [0.717, 1.165) is 69.5 Å². The molecule has 37 heavy (non-hydrogen) atoms. The highest BCUT2D eigenvalue weighted by molar-refractivity contribution is 6.16. The van der Waals surface area contributed by atoms with Crippen LogP contribution in [-0.4, -0.2) is 28.8 Å². The van der Waals surface area contributed by atoms with E-state index in [9.17, 15) is 18.0 Å². The van der Waals surface area contributed by atoms with Crippen molar-refractivity contribution in [3.63, 3.8) is 0 Å². The predicted molar refractivity (Wildman–Crippen MR) is 144 cm³/mol. The number of unbranched alkanes of at least 4 members (excludes halogenated alkanes) is 1. The maximum atomic E-state index is 14.0. The van der Waals surface area contributed by atoms with Gasteiger partial charge in [0.1, 0.15) is 5.82 Å². The minimum absolute atomic E-state index is 0.0235. The summed E-state index contributed by atoms with van der Waals surface area (Å²) in [5.41, 5.74) is 2.16. The molecule has 3 N–H and O–H groups in total. The van der Waals surface area contributed by atoms with Gasteiger partial charge in [0.2, 0.25) is 5.91 Å². The molecule has 1 fully saturated rings. The van der Waals surface area contributed by atoms with Crippen molar-refractivity contribution in [3.05, 3.63) is 52.7 Å². The number of carbonyl (C=O) groups is 1. The standard InChI is InChI=1S/C29H39F3N4O/c1-5-7-14-21(10-6-2)35-26-18(3)11-8-15-23(26)25(33)22-16-17-34-27(24(22)19(4)29(30,31)32)36-28(37)20-12-9-13-20/h8,11,15-17,19-21,33,35H,5-7,9-10,12-14H2,1-4H3,(H,34,36,37). The number of carbonyl (C=O) groups excluding carboxylic acids is 1. The van der Waals surface area contributed by atoms with Crippen molar-refractivity contribution in [3.8, 4) is 0 Å². The average molecular weight is 517 g/mol. The molecule has 1 aliphatic carbocycles. The van der Waals surface area contributed by atoms with Crippen LogP contribution >= 0.6 is 0 Å². The molecular formula is C29H39F3N4O. The van der Waals surface area contributed by atoms with Crippen LogP contribution in [0.25, 0.3) is 0 Å². The van der Waals surface area contributed by atoms with Crippen molar-refractivity contribution >= 4 is 23.1 Å². The fraction of sp³-hybridized carbons (Fsp3) is 0.552. The first-order chi connectivity index (χ1) is 17.6. The lowest BCUT2D eigenvalue weighted by Crippen LogP contribution is -2.30. The van der Waals surface area contributed by atoms with E-state index in [0.29, 0.717) is 5.56 Å². The van der Waals surface area contributed by atoms with Gasteiger partial charge in [-0.3, -0.25) is 10.2 Å². The first-order valence-corrected chi connectivity index (χ1v) is 13.4. The molecule has 1 heterocycles. The van der Waals surface area contributed by atoms with E-state index >= 15 is 0 Å². The zero-order valence-electron chi connectivity index (χ0n) is 22.3. The lowest BCUT2D eigenvalue weighted by Gasteiger charge is -2.27. The van der Waals surface area contributed by atoms with Crippen molar-refractivity contribution in [2.24, 2.45) is 5.92 Å². The third-order valence-corrected chi connectivity index (χ3v) is 7.33. The number of amides is 1. The van der Waals surface area contributed by atoms with Crippen LogP contribution in [0.5, 0.6) is 0 Å². The lowest BCUT2D eigenvalue weighted by molar-refractivity contribution is -0.146. The molecule has 0 aliphatic heterocycles. The van der Waals surface area contributed by atoms with Crippen LogP contribution in [0, 0.1) is 18.3 Å².